The molecular formula is C47H50N4OPt. The number of hydrogen-bond acceptors (Lipinski definition) is 3. The number of aromatic nitrogens is 4. The summed E-state index contributed by atoms with van der Waals surface area (Å²) in [5.74, 6) is 3.00. The molecular weight excluding hydrogens is 832 g/mol. The van der Waals surface area contributed by atoms with Crippen molar-refractivity contribution in [3.05, 3.63) is 131 Å². The first-order valence-corrected chi connectivity index (χ1v) is 18.4. The quantitative estimate of drug-likeness (QED) is 0.150. The molecule has 0 bridgehead atoms. The monoisotopic (exact) mass is 881 g/mol. The largest absolute Gasteiger partial charge is 2.00 e. The van der Waals surface area contributed by atoms with Gasteiger partial charge in [-0.05, 0) is 82.5 Å². The Morgan fingerprint density at radius 3 is 2.19 bits per heavy atom. The maximum absolute atomic E-state index is 6.60. The summed E-state index contributed by atoms with van der Waals surface area (Å²) in [6.07, 6.45) is 1.92. The maximum Gasteiger partial charge on any atom is 2.00 e. The Morgan fingerprint density at radius 1 is 0.755 bits per heavy atom. The molecule has 3 aromatic heterocycles. The predicted octanol–water partition coefficient (Wildman–Crippen LogP) is 12.4. The maximum atomic E-state index is 6.60. The fourth-order valence-electron chi connectivity index (χ4n) is 7.42. The number of fused-ring (bicyclic) bond motifs is 3. The molecule has 4 aromatic carbocycles. The Labute approximate surface area is 329 Å². The first kappa shape index (κ1) is 38.3. The van der Waals surface area contributed by atoms with Crippen LogP contribution < -0.4 is 4.74 Å². The predicted molar refractivity (Wildman–Crippen MR) is 215 cm³/mol. The van der Waals surface area contributed by atoms with Crippen LogP contribution in [0.3, 0.4) is 0 Å². The fourth-order valence-corrected chi connectivity index (χ4v) is 7.42. The third-order valence-electron chi connectivity index (χ3n) is 10.9. The second-order valence-corrected chi connectivity index (χ2v) is 16.6. The van der Waals surface area contributed by atoms with Crippen molar-refractivity contribution in [3.63, 3.8) is 0 Å². The molecule has 7 aromatic rings. The van der Waals surface area contributed by atoms with Crippen LogP contribution in [0.25, 0.3) is 44.4 Å². The van der Waals surface area contributed by atoms with Crippen LogP contribution in [0.1, 0.15) is 89.4 Å². The number of ether oxygens (including phenoxy) is 1. The standard InChI is InChI=1S/C47H50N4O.Pt/c1-29-23-37(51-33(5)45(32(4)49-51)34-15-13-12-14-16-34)27-39(24-29)52-38-18-19-40-41-25-35(30(2)31(3)46(6,7)8)17-20-42(41)50(43(40)28-38)44-26-36(21-22-48-44)47(9,10)11;/h12-26,30-31H,1-11H3;/q-2;+2. The molecule has 0 saturated heterocycles. The zero-order valence-corrected chi connectivity index (χ0v) is 35.1. The van der Waals surface area contributed by atoms with Crippen molar-refractivity contribution < 1.29 is 25.8 Å². The van der Waals surface area contributed by atoms with Gasteiger partial charge in [0.15, 0.2) is 0 Å². The van der Waals surface area contributed by atoms with E-state index in [9.17, 15) is 0 Å². The zero-order valence-electron chi connectivity index (χ0n) is 32.8. The Kier molecular flexibility index (Phi) is 10.4. The summed E-state index contributed by atoms with van der Waals surface area (Å²) in [5.41, 5.74) is 11.0. The zero-order chi connectivity index (χ0) is 37.1. The van der Waals surface area contributed by atoms with Crippen molar-refractivity contribution in [3.8, 4) is 34.1 Å². The smallest absolute Gasteiger partial charge is 0.509 e. The van der Waals surface area contributed by atoms with E-state index in [2.05, 4.69) is 160 Å². The molecule has 0 fully saturated rings. The Hall–Kier alpha value is -4.47. The van der Waals surface area contributed by atoms with Crippen LogP contribution in [-0.4, -0.2) is 19.3 Å². The van der Waals surface area contributed by atoms with Crippen LogP contribution in [0.15, 0.2) is 91.1 Å². The molecule has 3 heterocycles. The minimum atomic E-state index is -0.0217. The van der Waals surface area contributed by atoms with E-state index >= 15 is 0 Å². The van der Waals surface area contributed by atoms with E-state index in [-0.39, 0.29) is 31.9 Å². The Balaban J connectivity index is 0.00000481. The summed E-state index contributed by atoms with van der Waals surface area (Å²) in [6, 6.07) is 37.1. The number of rotatable bonds is 7. The van der Waals surface area contributed by atoms with Gasteiger partial charge in [-0.2, -0.15) is 16.7 Å². The second kappa shape index (κ2) is 14.4. The Bertz CT molecular complexity index is 2420. The van der Waals surface area contributed by atoms with E-state index < -0.39 is 0 Å². The van der Waals surface area contributed by atoms with Gasteiger partial charge in [0.1, 0.15) is 5.82 Å². The van der Waals surface area contributed by atoms with Gasteiger partial charge in [0.25, 0.3) is 0 Å². The summed E-state index contributed by atoms with van der Waals surface area (Å²) >= 11 is 0. The van der Waals surface area contributed by atoms with E-state index in [1.165, 1.54) is 16.5 Å². The summed E-state index contributed by atoms with van der Waals surface area (Å²) in [5, 5.41) is 7.24. The minimum absolute atomic E-state index is 0. The number of aryl methyl sites for hydroxylation is 2. The molecule has 274 valence electrons. The molecule has 6 heteroatoms. The summed E-state index contributed by atoms with van der Waals surface area (Å²) in [7, 11) is 0. The van der Waals surface area contributed by atoms with Gasteiger partial charge in [-0.3, -0.25) is 4.68 Å². The van der Waals surface area contributed by atoms with Crippen LogP contribution in [0.4, 0.5) is 0 Å². The summed E-state index contributed by atoms with van der Waals surface area (Å²) < 4.78 is 10.8. The van der Waals surface area contributed by atoms with Gasteiger partial charge in [0.05, 0.1) is 5.69 Å². The van der Waals surface area contributed by atoms with Crippen LogP contribution in [0.5, 0.6) is 11.5 Å². The number of benzene rings is 4. The molecule has 0 aliphatic rings. The summed E-state index contributed by atoms with van der Waals surface area (Å²) in [6.45, 7) is 24.7. The molecule has 0 aliphatic carbocycles. The molecule has 0 saturated carbocycles. The molecule has 0 spiro atoms. The van der Waals surface area contributed by atoms with Gasteiger partial charge in [0, 0.05) is 34.5 Å². The number of hydrogen-bond donors (Lipinski definition) is 0. The summed E-state index contributed by atoms with van der Waals surface area (Å²) in [4.78, 5) is 4.91. The van der Waals surface area contributed by atoms with Crippen molar-refractivity contribution in [2.75, 3.05) is 0 Å². The van der Waals surface area contributed by atoms with Crippen molar-refractivity contribution in [1.82, 2.24) is 19.3 Å². The van der Waals surface area contributed by atoms with Gasteiger partial charge in [-0.1, -0.05) is 110 Å². The normalized spacial score (nSPS) is 13.3. The van der Waals surface area contributed by atoms with Gasteiger partial charge in [0.2, 0.25) is 0 Å². The molecule has 0 aliphatic heterocycles. The third-order valence-corrected chi connectivity index (χ3v) is 10.9. The SMILES string of the molecule is Cc1cc(Oc2[c-]c3c(cc2)c2cc(C(C)C(C)C(C)(C)C)ccc2n3-c2cc(C(C)(C)C)ccn2)[c-]c(-n2nc(C)c(-c3ccccc3)c2C)c1.[Pt+2]. The van der Waals surface area contributed by atoms with Crippen molar-refractivity contribution in [2.24, 2.45) is 11.3 Å². The van der Waals surface area contributed by atoms with Crippen molar-refractivity contribution in [2.45, 2.75) is 87.5 Å². The number of pyridine rings is 1. The first-order chi connectivity index (χ1) is 24.6. The van der Waals surface area contributed by atoms with Crippen LogP contribution in [0, 0.1) is 44.2 Å². The molecule has 5 nitrogen and oxygen atoms in total. The van der Waals surface area contributed by atoms with Gasteiger partial charge >= 0.3 is 21.1 Å². The van der Waals surface area contributed by atoms with Gasteiger partial charge in [-0.25, -0.2) is 4.98 Å². The molecule has 2 atom stereocenters. The van der Waals surface area contributed by atoms with Crippen LogP contribution in [-0.2, 0) is 26.5 Å². The van der Waals surface area contributed by atoms with Crippen molar-refractivity contribution >= 4 is 21.8 Å². The van der Waals surface area contributed by atoms with Crippen molar-refractivity contribution in [1.29, 1.82) is 0 Å². The van der Waals surface area contributed by atoms with E-state index in [1.54, 1.807) is 0 Å². The fraction of sp³-hybridized carbons (Fsp3) is 0.319. The van der Waals surface area contributed by atoms with E-state index in [0.717, 1.165) is 56.0 Å². The van der Waals surface area contributed by atoms with Gasteiger partial charge in [-0.15, -0.1) is 35.7 Å². The van der Waals surface area contributed by atoms with E-state index in [1.807, 2.05) is 29.1 Å². The van der Waals surface area contributed by atoms with Gasteiger partial charge < -0.3 is 9.30 Å². The number of nitrogens with zero attached hydrogens (tertiary/aromatic N) is 4. The molecule has 2 unspecified atom stereocenters. The second-order valence-electron chi connectivity index (χ2n) is 16.6. The van der Waals surface area contributed by atoms with Crippen LogP contribution >= 0.6 is 0 Å². The van der Waals surface area contributed by atoms with E-state index in [0.29, 0.717) is 23.3 Å². The Morgan fingerprint density at radius 2 is 1.49 bits per heavy atom. The minimum Gasteiger partial charge on any atom is -0.509 e. The topological polar surface area (TPSA) is 44.9 Å². The molecule has 53 heavy (non-hydrogen) atoms. The molecule has 7 rings (SSSR count). The average Bonchev–Trinajstić information content (AvgIpc) is 3.58. The first-order valence-electron chi connectivity index (χ1n) is 18.4. The van der Waals surface area contributed by atoms with Crippen LogP contribution in [0.2, 0.25) is 0 Å². The average molecular weight is 882 g/mol. The molecule has 0 radical (unpaired) electrons. The third kappa shape index (κ3) is 7.38. The molecule has 0 N–H and O–H groups in total. The molecule has 0 amide bonds. The van der Waals surface area contributed by atoms with E-state index in [4.69, 9.17) is 14.8 Å².